The third-order valence-electron chi connectivity index (χ3n) is 6.79. The topological polar surface area (TPSA) is 0 Å². The van der Waals surface area contributed by atoms with E-state index in [9.17, 15) is 8.78 Å². The molecule has 0 nitrogen and oxygen atoms in total. The van der Waals surface area contributed by atoms with Gasteiger partial charge in [0.2, 0.25) is 0 Å². The number of hydrogen-bond acceptors (Lipinski definition) is 0. The number of benzene rings is 2. The van der Waals surface area contributed by atoms with Crippen LogP contribution in [0.5, 0.6) is 0 Å². The Labute approximate surface area is 167 Å². The second kappa shape index (κ2) is 8.08. The zero-order valence-electron chi connectivity index (χ0n) is 16.8. The van der Waals surface area contributed by atoms with Crippen molar-refractivity contribution in [2.24, 2.45) is 17.8 Å². The molecule has 0 N–H and O–H groups in total. The first-order valence-electron chi connectivity index (χ1n) is 10.6. The molecule has 4 rings (SSSR count). The van der Waals surface area contributed by atoms with E-state index in [2.05, 4.69) is 18.8 Å². The average Bonchev–Trinajstić information content (AvgIpc) is 2.68. The van der Waals surface area contributed by atoms with Gasteiger partial charge < -0.3 is 0 Å². The first-order chi connectivity index (χ1) is 13.5. The number of halogens is 2. The van der Waals surface area contributed by atoms with Gasteiger partial charge in [0.05, 0.1) is 5.56 Å². The van der Waals surface area contributed by atoms with Crippen molar-refractivity contribution < 1.29 is 8.78 Å². The van der Waals surface area contributed by atoms with E-state index in [1.54, 1.807) is 0 Å². The van der Waals surface area contributed by atoms with Crippen molar-refractivity contribution >= 4 is 0 Å². The number of fused-ring (bicyclic) bond motifs is 1. The van der Waals surface area contributed by atoms with Gasteiger partial charge in [0, 0.05) is 5.56 Å². The molecule has 2 saturated carbocycles. The molecule has 0 saturated heterocycles. The van der Waals surface area contributed by atoms with E-state index < -0.39 is 11.6 Å². The molecular weight excluding hydrogens is 350 g/mol. The van der Waals surface area contributed by atoms with Crippen LogP contribution in [0.25, 0.3) is 0 Å². The summed E-state index contributed by atoms with van der Waals surface area (Å²) in [7, 11) is 0. The molecule has 0 bridgehead atoms. The van der Waals surface area contributed by atoms with E-state index in [1.807, 2.05) is 31.2 Å². The normalized spacial score (nSPS) is 26.9. The zero-order chi connectivity index (χ0) is 19.7. The van der Waals surface area contributed by atoms with Gasteiger partial charge in [-0.1, -0.05) is 42.9 Å². The van der Waals surface area contributed by atoms with Crippen molar-refractivity contribution in [2.75, 3.05) is 0 Å². The molecule has 2 aromatic rings. The summed E-state index contributed by atoms with van der Waals surface area (Å²) in [6, 6.07) is 10.7. The molecule has 2 aliphatic rings. The maximum absolute atomic E-state index is 14.7. The SMILES string of the molecule is Cc1ccc(C#Cc2c(F)cc([C@@H]3CC[C@@H]4CC(C)CC[C@@H]4C3)cc2F)cc1. The lowest BCUT2D eigenvalue weighted by Crippen LogP contribution is -2.29. The fourth-order valence-corrected chi connectivity index (χ4v) is 5.15. The molecule has 0 amide bonds. The molecule has 2 fully saturated rings. The minimum Gasteiger partial charge on any atom is -0.206 e. The van der Waals surface area contributed by atoms with Crippen LogP contribution in [0.4, 0.5) is 8.78 Å². The maximum atomic E-state index is 14.7. The highest BCUT2D eigenvalue weighted by atomic mass is 19.1. The molecule has 146 valence electrons. The quantitative estimate of drug-likeness (QED) is 0.469. The third-order valence-corrected chi connectivity index (χ3v) is 6.79. The van der Waals surface area contributed by atoms with E-state index in [4.69, 9.17) is 0 Å². The Hall–Kier alpha value is -2.14. The summed E-state index contributed by atoms with van der Waals surface area (Å²) in [6.07, 6.45) is 7.20. The lowest BCUT2D eigenvalue weighted by Gasteiger charge is -2.41. The number of rotatable bonds is 1. The van der Waals surface area contributed by atoms with E-state index in [-0.39, 0.29) is 11.5 Å². The summed E-state index contributed by atoms with van der Waals surface area (Å²) in [5.41, 5.74) is 2.59. The number of aryl methyl sites for hydroxylation is 1. The Bertz CT molecular complexity index is 877. The molecule has 28 heavy (non-hydrogen) atoms. The molecule has 2 aliphatic carbocycles. The van der Waals surface area contributed by atoms with Gasteiger partial charge in [0.1, 0.15) is 11.6 Å². The fourth-order valence-electron chi connectivity index (χ4n) is 5.15. The summed E-state index contributed by atoms with van der Waals surface area (Å²) in [4.78, 5) is 0. The summed E-state index contributed by atoms with van der Waals surface area (Å²) in [5.74, 6) is 7.16. The van der Waals surface area contributed by atoms with E-state index in [0.717, 1.165) is 47.3 Å². The fraction of sp³-hybridized carbons (Fsp3) is 0.462. The van der Waals surface area contributed by atoms with Gasteiger partial charge in [-0.25, -0.2) is 8.78 Å². The third kappa shape index (κ3) is 4.14. The van der Waals surface area contributed by atoms with Crippen molar-refractivity contribution in [1.82, 2.24) is 0 Å². The first-order valence-corrected chi connectivity index (χ1v) is 10.6. The second-order valence-electron chi connectivity index (χ2n) is 8.92. The van der Waals surface area contributed by atoms with Crippen LogP contribution in [-0.4, -0.2) is 0 Å². The van der Waals surface area contributed by atoms with Crippen molar-refractivity contribution in [3.8, 4) is 11.8 Å². The lowest BCUT2D eigenvalue weighted by atomic mass is 9.64. The standard InChI is InChI=1S/C26H28F2/c1-17-3-6-19(7-4-17)8-12-24-25(27)15-23(16-26(24)28)22-11-10-20-13-18(2)5-9-21(20)14-22/h3-4,6-7,15-16,18,20-22H,5,9-11,13-14H2,1-2H3/t18?,20-,21-,22-/m1/s1. The van der Waals surface area contributed by atoms with Gasteiger partial charge in [0.25, 0.3) is 0 Å². The maximum Gasteiger partial charge on any atom is 0.142 e. The van der Waals surface area contributed by atoms with Gasteiger partial charge >= 0.3 is 0 Å². The van der Waals surface area contributed by atoms with Crippen LogP contribution < -0.4 is 0 Å². The Morgan fingerprint density at radius 3 is 2.18 bits per heavy atom. The van der Waals surface area contributed by atoms with Crippen LogP contribution >= 0.6 is 0 Å². The molecule has 1 unspecified atom stereocenters. The monoisotopic (exact) mass is 378 g/mol. The Balaban J connectivity index is 1.52. The Morgan fingerprint density at radius 2 is 1.46 bits per heavy atom. The molecule has 2 aromatic carbocycles. The molecule has 4 atom stereocenters. The smallest absolute Gasteiger partial charge is 0.142 e. The molecule has 0 radical (unpaired) electrons. The van der Waals surface area contributed by atoms with Crippen LogP contribution in [0, 0.1) is 48.2 Å². The molecule has 0 heterocycles. The van der Waals surface area contributed by atoms with Crippen LogP contribution in [0.1, 0.15) is 73.6 Å². The molecule has 0 aliphatic heterocycles. The Kier molecular flexibility index (Phi) is 5.54. The van der Waals surface area contributed by atoms with Crippen molar-refractivity contribution in [2.45, 2.75) is 58.3 Å². The van der Waals surface area contributed by atoms with Gasteiger partial charge in [0.15, 0.2) is 0 Å². The molecular formula is C26H28F2. The zero-order valence-corrected chi connectivity index (χ0v) is 16.8. The predicted molar refractivity (Wildman–Crippen MR) is 110 cm³/mol. The first kappa shape index (κ1) is 19.2. The van der Waals surface area contributed by atoms with Crippen molar-refractivity contribution in [3.05, 3.63) is 70.3 Å². The highest BCUT2D eigenvalue weighted by Crippen LogP contribution is 2.47. The minimum atomic E-state index is -0.533. The average molecular weight is 379 g/mol. The summed E-state index contributed by atoms with van der Waals surface area (Å²) >= 11 is 0. The second-order valence-corrected chi connectivity index (χ2v) is 8.92. The molecule has 2 heteroatoms. The highest BCUT2D eigenvalue weighted by molar-refractivity contribution is 5.46. The molecule has 0 spiro atoms. The van der Waals surface area contributed by atoms with Gasteiger partial charge in [-0.15, -0.1) is 0 Å². The Morgan fingerprint density at radius 1 is 0.821 bits per heavy atom. The number of hydrogen-bond donors (Lipinski definition) is 0. The summed E-state index contributed by atoms with van der Waals surface area (Å²) in [5, 5.41) is 0. The van der Waals surface area contributed by atoms with Crippen LogP contribution in [0.15, 0.2) is 36.4 Å². The van der Waals surface area contributed by atoms with Gasteiger partial charge in [-0.3, -0.25) is 0 Å². The van der Waals surface area contributed by atoms with Crippen LogP contribution in [-0.2, 0) is 0 Å². The van der Waals surface area contributed by atoms with Crippen molar-refractivity contribution in [1.29, 1.82) is 0 Å². The van der Waals surface area contributed by atoms with Crippen LogP contribution in [0.3, 0.4) is 0 Å². The van der Waals surface area contributed by atoms with E-state index in [0.29, 0.717) is 0 Å². The largest absolute Gasteiger partial charge is 0.206 e. The van der Waals surface area contributed by atoms with Crippen LogP contribution in [0.2, 0.25) is 0 Å². The summed E-state index contributed by atoms with van der Waals surface area (Å²) < 4.78 is 29.3. The minimum absolute atomic E-state index is 0.121. The lowest BCUT2D eigenvalue weighted by molar-refractivity contribution is 0.124. The van der Waals surface area contributed by atoms with E-state index >= 15 is 0 Å². The van der Waals surface area contributed by atoms with Gasteiger partial charge in [-0.2, -0.15) is 0 Å². The highest BCUT2D eigenvalue weighted by Gasteiger charge is 2.35. The summed E-state index contributed by atoms with van der Waals surface area (Å²) in [6.45, 7) is 4.35. The molecule has 0 aromatic heterocycles. The predicted octanol–water partition coefficient (Wildman–Crippen LogP) is 6.99. The van der Waals surface area contributed by atoms with Crippen molar-refractivity contribution in [3.63, 3.8) is 0 Å². The van der Waals surface area contributed by atoms with Gasteiger partial charge in [-0.05, 0) is 92.5 Å². The van der Waals surface area contributed by atoms with E-state index in [1.165, 1.54) is 37.8 Å².